The van der Waals surface area contributed by atoms with Crippen molar-refractivity contribution in [2.75, 3.05) is 11.9 Å². The molecule has 8 heteroatoms. The number of rotatable bonds is 5. The van der Waals surface area contributed by atoms with Crippen LogP contribution < -0.4 is 15.4 Å². The van der Waals surface area contributed by atoms with E-state index in [9.17, 15) is 9.59 Å². The van der Waals surface area contributed by atoms with Crippen LogP contribution in [0.25, 0.3) is 0 Å². The van der Waals surface area contributed by atoms with Crippen molar-refractivity contribution in [2.45, 2.75) is 40.7 Å². The summed E-state index contributed by atoms with van der Waals surface area (Å²) in [6, 6.07) is -0.517. The summed E-state index contributed by atoms with van der Waals surface area (Å²) in [5.74, 6) is -0.412. The molecule has 1 unspecified atom stereocenters. The summed E-state index contributed by atoms with van der Waals surface area (Å²) in [6.07, 6.45) is 0. The fraction of sp³-hybridized carbons (Fsp3) is 0.667. The molecule has 1 aromatic rings. The second kappa shape index (κ2) is 6.36. The van der Waals surface area contributed by atoms with Crippen LogP contribution in [0.5, 0.6) is 6.01 Å². The summed E-state index contributed by atoms with van der Waals surface area (Å²) >= 11 is 0. The zero-order valence-electron chi connectivity index (χ0n) is 12.4. The van der Waals surface area contributed by atoms with Crippen LogP contribution in [0.2, 0.25) is 0 Å². The van der Waals surface area contributed by atoms with Crippen molar-refractivity contribution < 1.29 is 14.3 Å². The van der Waals surface area contributed by atoms with Crippen LogP contribution >= 0.6 is 0 Å². The largest absolute Gasteiger partial charge is 0.463 e. The molecule has 0 bridgehead atoms. The fourth-order valence-corrected chi connectivity index (χ4v) is 1.20. The molecule has 0 aliphatic carbocycles. The minimum atomic E-state index is -0.678. The Morgan fingerprint density at radius 1 is 1.40 bits per heavy atom. The topological polar surface area (TPSA) is 109 Å². The van der Waals surface area contributed by atoms with E-state index in [-0.39, 0.29) is 23.8 Å². The maximum Gasteiger partial charge on any atom is 0.337 e. The van der Waals surface area contributed by atoms with Gasteiger partial charge in [0, 0.05) is 5.41 Å². The number of nitrogens with zero attached hydrogens (tertiary/aromatic N) is 2. The molecule has 2 amide bonds. The second-order valence-electron chi connectivity index (χ2n) is 5.33. The Kier molecular flexibility index (Phi) is 5.06. The molecule has 0 spiro atoms. The van der Waals surface area contributed by atoms with Crippen molar-refractivity contribution in [3.63, 3.8) is 0 Å². The first kappa shape index (κ1) is 15.9. The molecule has 0 aromatic carbocycles. The van der Waals surface area contributed by atoms with Crippen molar-refractivity contribution in [1.29, 1.82) is 0 Å². The van der Waals surface area contributed by atoms with Crippen LogP contribution in [-0.4, -0.2) is 39.6 Å². The third kappa shape index (κ3) is 4.52. The fourth-order valence-electron chi connectivity index (χ4n) is 1.20. The number of aromatic amines is 1. The molecule has 112 valence electrons. The summed E-state index contributed by atoms with van der Waals surface area (Å²) in [7, 11) is 0. The first-order chi connectivity index (χ1) is 9.24. The van der Waals surface area contributed by atoms with Crippen LogP contribution in [0.1, 0.15) is 34.6 Å². The maximum absolute atomic E-state index is 11.9. The van der Waals surface area contributed by atoms with E-state index >= 15 is 0 Å². The van der Waals surface area contributed by atoms with Gasteiger partial charge in [0.2, 0.25) is 17.8 Å². The minimum Gasteiger partial charge on any atom is -0.463 e. The summed E-state index contributed by atoms with van der Waals surface area (Å²) < 4.78 is 5.06. The third-order valence-corrected chi connectivity index (χ3v) is 2.40. The monoisotopic (exact) mass is 283 g/mol. The highest BCUT2D eigenvalue weighted by Gasteiger charge is 2.25. The average molecular weight is 283 g/mol. The van der Waals surface area contributed by atoms with E-state index in [2.05, 4.69) is 25.8 Å². The van der Waals surface area contributed by atoms with Crippen molar-refractivity contribution in [3.05, 3.63) is 0 Å². The number of aromatic nitrogens is 3. The van der Waals surface area contributed by atoms with Gasteiger partial charge in [-0.05, 0) is 13.8 Å². The number of hydrogen-bond acceptors (Lipinski definition) is 5. The van der Waals surface area contributed by atoms with Gasteiger partial charge in [-0.3, -0.25) is 14.9 Å². The molecule has 1 heterocycles. The van der Waals surface area contributed by atoms with Crippen LogP contribution in [-0.2, 0) is 9.59 Å². The molecule has 0 fully saturated rings. The Hall–Kier alpha value is -2.12. The van der Waals surface area contributed by atoms with Gasteiger partial charge in [0.25, 0.3) is 0 Å². The van der Waals surface area contributed by atoms with Gasteiger partial charge in [-0.25, -0.2) is 5.10 Å². The zero-order chi connectivity index (χ0) is 15.3. The Morgan fingerprint density at radius 3 is 2.60 bits per heavy atom. The van der Waals surface area contributed by atoms with Crippen LogP contribution in [0.15, 0.2) is 0 Å². The van der Waals surface area contributed by atoms with Gasteiger partial charge in [0.1, 0.15) is 6.04 Å². The van der Waals surface area contributed by atoms with Gasteiger partial charge < -0.3 is 10.1 Å². The van der Waals surface area contributed by atoms with Gasteiger partial charge in [0.05, 0.1) is 6.61 Å². The van der Waals surface area contributed by atoms with E-state index in [1.807, 2.05) is 0 Å². The standard InChI is InChI=1S/C12H21N5O3/c1-6-20-11-15-10(16-17-11)14-8(18)7(2)13-9(19)12(3,4)5/h7H,6H2,1-5H3,(H,13,19)(H2,14,15,16,17,18). The Morgan fingerprint density at radius 2 is 2.05 bits per heavy atom. The molecule has 0 aliphatic rings. The lowest BCUT2D eigenvalue weighted by molar-refractivity contribution is -0.131. The number of amides is 2. The number of hydrogen-bond donors (Lipinski definition) is 3. The zero-order valence-corrected chi connectivity index (χ0v) is 12.4. The Balaban J connectivity index is 2.55. The number of carbonyl (C=O) groups is 2. The molecule has 0 saturated carbocycles. The lowest BCUT2D eigenvalue weighted by Gasteiger charge is -2.21. The van der Waals surface area contributed by atoms with E-state index in [0.29, 0.717) is 6.61 Å². The van der Waals surface area contributed by atoms with Crippen LogP contribution in [0.4, 0.5) is 5.95 Å². The Labute approximate surface area is 117 Å². The second-order valence-corrected chi connectivity index (χ2v) is 5.33. The molecular weight excluding hydrogens is 262 g/mol. The number of nitrogens with one attached hydrogen (secondary N) is 3. The molecule has 0 radical (unpaired) electrons. The molecule has 1 aromatic heterocycles. The normalized spacial score (nSPS) is 12.7. The molecule has 1 rings (SSSR count). The van der Waals surface area contributed by atoms with Gasteiger partial charge in [-0.2, -0.15) is 4.98 Å². The highest BCUT2D eigenvalue weighted by atomic mass is 16.5. The van der Waals surface area contributed by atoms with Crippen molar-refractivity contribution in [2.24, 2.45) is 5.41 Å². The van der Waals surface area contributed by atoms with E-state index in [1.54, 1.807) is 34.6 Å². The molecular formula is C12H21N5O3. The first-order valence-corrected chi connectivity index (χ1v) is 6.41. The highest BCUT2D eigenvalue weighted by Crippen LogP contribution is 2.13. The smallest absolute Gasteiger partial charge is 0.337 e. The summed E-state index contributed by atoms with van der Waals surface area (Å²) in [6.45, 7) is 9.16. The molecule has 0 aliphatic heterocycles. The summed E-state index contributed by atoms with van der Waals surface area (Å²) in [4.78, 5) is 27.6. The van der Waals surface area contributed by atoms with E-state index < -0.39 is 11.5 Å². The van der Waals surface area contributed by atoms with Crippen LogP contribution in [0, 0.1) is 5.41 Å². The van der Waals surface area contributed by atoms with Gasteiger partial charge in [0.15, 0.2) is 0 Å². The number of ether oxygens (including phenoxy) is 1. The quantitative estimate of drug-likeness (QED) is 0.736. The van der Waals surface area contributed by atoms with E-state index in [4.69, 9.17) is 4.74 Å². The van der Waals surface area contributed by atoms with Crippen molar-refractivity contribution >= 4 is 17.8 Å². The predicted molar refractivity (Wildman–Crippen MR) is 73.2 cm³/mol. The number of anilines is 1. The maximum atomic E-state index is 11.9. The first-order valence-electron chi connectivity index (χ1n) is 6.41. The average Bonchev–Trinajstić information content (AvgIpc) is 2.75. The van der Waals surface area contributed by atoms with Gasteiger partial charge >= 0.3 is 6.01 Å². The molecule has 1 atom stereocenters. The number of carbonyl (C=O) groups excluding carboxylic acids is 2. The third-order valence-electron chi connectivity index (χ3n) is 2.40. The molecule has 0 saturated heterocycles. The van der Waals surface area contributed by atoms with Gasteiger partial charge in [-0.1, -0.05) is 20.8 Å². The highest BCUT2D eigenvalue weighted by molar-refractivity contribution is 5.96. The van der Waals surface area contributed by atoms with E-state index in [1.165, 1.54) is 0 Å². The lowest BCUT2D eigenvalue weighted by atomic mass is 9.95. The molecule has 8 nitrogen and oxygen atoms in total. The molecule has 3 N–H and O–H groups in total. The summed E-state index contributed by atoms with van der Waals surface area (Å²) in [5.41, 5.74) is -0.553. The summed E-state index contributed by atoms with van der Waals surface area (Å²) in [5, 5.41) is 11.4. The van der Waals surface area contributed by atoms with Crippen molar-refractivity contribution in [1.82, 2.24) is 20.5 Å². The van der Waals surface area contributed by atoms with E-state index in [0.717, 1.165) is 0 Å². The minimum absolute atomic E-state index is 0.161. The lowest BCUT2D eigenvalue weighted by Crippen LogP contribution is -2.46. The van der Waals surface area contributed by atoms with Crippen molar-refractivity contribution in [3.8, 4) is 6.01 Å². The number of H-pyrrole nitrogens is 1. The van der Waals surface area contributed by atoms with Crippen LogP contribution in [0.3, 0.4) is 0 Å². The Bertz CT molecular complexity index is 478. The molecule has 20 heavy (non-hydrogen) atoms. The van der Waals surface area contributed by atoms with Gasteiger partial charge in [-0.15, -0.1) is 5.10 Å². The SMILES string of the molecule is CCOc1n[nH]c(NC(=O)C(C)NC(=O)C(C)(C)C)n1. The predicted octanol–water partition coefficient (Wildman–Crippen LogP) is 0.693.